The van der Waals surface area contributed by atoms with Gasteiger partial charge in [0.25, 0.3) is 0 Å². The van der Waals surface area contributed by atoms with Crippen molar-refractivity contribution in [2.45, 2.75) is 33.4 Å². The van der Waals surface area contributed by atoms with Crippen molar-refractivity contribution in [2.75, 3.05) is 11.4 Å². The molecule has 0 unspecified atom stereocenters. The molecule has 0 radical (unpaired) electrons. The third-order valence-corrected chi connectivity index (χ3v) is 3.18. The van der Waals surface area contributed by atoms with Gasteiger partial charge in [-0.25, -0.2) is 4.98 Å². The standard InChI is InChI=1S/C17H23N3/c1-4-20(16-8-6-5-7-9-16)17-12-15(10-11-18-17)13-19-14(2)3/h5-12,14,19H,4,13H2,1-3H3. The van der Waals surface area contributed by atoms with Gasteiger partial charge in [0.1, 0.15) is 5.82 Å². The quantitative estimate of drug-likeness (QED) is 0.866. The Morgan fingerprint density at radius 3 is 2.55 bits per heavy atom. The minimum absolute atomic E-state index is 0.489. The Kier molecular flexibility index (Phi) is 5.13. The van der Waals surface area contributed by atoms with E-state index in [1.807, 2.05) is 12.3 Å². The van der Waals surface area contributed by atoms with Crippen LogP contribution in [-0.2, 0) is 6.54 Å². The van der Waals surface area contributed by atoms with Gasteiger partial charge in [0.15, 0.2) is 0 Å². The highest BCUT2D eigenvalue weighted by Gasteiger charge is 2.08. The highest BCUT2D eigenvalue weighted by Crippen LogP contribution is 2.23. The van der Waals surface area contributed by atoms with Crippen LogP contribution >= 0.6 is 0 Å². The molecule has 106 valence electrons. The second-order valence-electron chi connectivity index (χ2n) is 5.14. The predicted molar refractivity (Wildman–Crippen MR) is 85.3 cm³/mol. The van der Waals surface area contributed by atoms with Gasteiger partial charge in [-0.05, 0) is 36.8 Å². The largest absolute Gasteiger partial charge is 0.327 e. The molecule has 20 heavy (non-hydrogen) atoms. The molecule has 0 amide bonds. The number of para-hydroxylation sites is 1. The van der Waals surface area contributed by atoms with Crippen LogP contribution < -0.4 is 10.2 Å². The van der Waals surface area contributed by atoms with Crippen LogP contribution in [0.1, 0.15) is 26.3 Å². The third kappa shape index (κ3) is 3.81. The lowest BCUT2D eigenvalue weighted by molar-refractivity contribution is 0.588. The maximum Gasteiger partial charge on any atom is 0.133 e. The van der Waals surface area contributed by atoms with E-state index >= 15 is 0 Å². The summed E-state index contributed by atoms with van der Waals surface area (Å²) in [5, 5.41) is 3.44. The molecule has 0 aliphatic carbocycles. The van der Waals surface area contributed by atoms with Crippen molar-refractivity contribution in [3.8, 4) is 0 Å². The van der Waals surface area contributed by atoms with E-state index in [1.54, 1.807) is 0 Å². The van der Waals surface area contributed by atoms with Crippen molar-refractivity contribution in [2.24, 2.45) is 0 Å². The third-order valence-electron chi connectivity index (χ3n) is 3.18. The molecule has 0 atom stereocenters. The molecule has 1 N–H and O–H groups in total. The number of benzene rings is 1. The number of aromatic nitrogens is 1. The van der Waals surface area contributed by atoms with Gasteiger partial charge in [0, 0.05) is 31.0 Å². The van der Waals surface area contributed by atoms with Crippen molar-refractivity contribution in [3.05, 3.63) is 54.2 Å². The molecule has 3 heteroatoms. The number of hydrogen-bond donors (Lipinski definition) is 1. The number of anilines is 2. The fraction of sp³-hybridized carbons (Fsp3) is 0.353. The Bertz CT molecular complexity index is 523. The van der Waals surface area contributed by atoms with Crippen LogP contribution in [0, 0.1) is 0 Å². The summed E-state index contributed by atoms with van der Waals surface area (Å²) in [6, 6.07) is 15.1. The molecule has 0 bridgehead atoms. The Balaban J connectivity index is 2.20. The molecule has 0 fully saturated rings. The molecule has 0 saturated carbocycles. The van der Waals surface area contributed by atoms with Gasteiger partial charge < -0.3 is 10.2 Å². The summed E-state index contributed by atoms with van der Waals surface area (Å²) < 4.78 is 0. The summed E-state index contributed by atoms with van der Waals surface area (Å²) in [7, 11) is 0. The Morgan fingerprint density at radius 2 is 1.90 bits per heavy atom. The van der Waals surface area contributed by atoms with E-state index in [4.69, 9.17) is 0 Å². The van der Waals surface area contributed by atoms with Crippen molar-refractivity contribution in [1.82, 2.24) is 10.3 Å². The van der Waals surface area contributed by atoms with Crippen LogP contribution in [0.3, 0.4) is 0 Å². The fourth-order valence-electron chi connectivity index (χ4n) is 2.12. The van der Waals surface area contributed by atoms with Crippen LogP contribution in [0.25, 0.3) is 0 Å². The van der Waals surface area contributed by atoms with Gasteiger partial charge in [-0.1, -0.05) is 32.0 Å². The molecule has 0 aliphatic heterocycles. The van der Waals surface area contributed by atoms with Gasteiger partial charge in [0.05, 0.1) is 0 Å². The zero-order valence-electron chi connectivity index (χ0n) is 12.5. The number of nitrogens with one attached hydrogen (secondary N) is 1. The molecule has 1 aromatic carbocycles. The second-order valence-corrected chi connectivity index (χ2v) is 5.14. The van der Waals surface area contributed by atoms with Gasteiger partial charge >= 0.3 is 0 Å². The van der Waals surface area contributed by atoms with Gasteiger partial charge in [-0.3, -0.25) is 0 Å². The van der Waals surface area contributed by atoms with Crippen molar-refractivity contribution in [3.63, 3.8) is 0 Å². The predicted octanol–water partition coefficient (Wildman–Crippen LogP) is 3.74. The molecule has 1 aromatic heterocycles. The average molecular weight is 269 g/mol. The topological polar surface area (TPSA) is 28.2 Å². The molecule has 0 spiro atoms. The molecule has 2 rings (SSSR count). The lowest BCUT2D eigenvalue weighted by Gasteiger charge is -2.22. The van der Waals surface area contributed by atoms with Crippen LogP contribution in [0.4, 0.5) is 11.5 Å². The van der Waals surface area contributed by atoms with Crippen LogP contribution in [0.15, 0.2) is 48.7 Å². The Labute approximate surface area is 121 Å². The monoisotopic (exact) mass is 269 g/mol. The second kappa shape index (κ2) is 7.06. The van der Waals surface area contributed by atoms with Gasteiger partial charge in [-0.2, -0.15) is 0 Å². The van der Waals surface area contributed by atoms with E-state index in [9.17, 15) is 0 Å². The van der Waals surface area contributed by atoms with Gasteiger partial charge in [0.2, 0.25) is 0 Å². The Morgan fingerprint density at radius 1 is 1.15 bits per heavy atom. The first kappa shape index (κ1) is 14.5. The van der Waals surface area contributed by atoms with Crippen LogP contribution in [-0.4, -0.2) is 17.6 Å². The molecule has 1 heterocycles. The maximum absolute atomic E-state index is 4.51. The number of rotatable bonds is 6. The summed E-state index contributed by atoms with van der Waals surface area (Å²) in [5.74, 6) is 1.00. The number of nitrogens with zero attached hydrogens (tertiary/aromatic N) is 2. The first-order valence-corrected chi connectivity index (χ1v) is 7.21. The van der Waals surface area contributed by atoms with E-state index in [0.29, 0.717) is 6.04 Å². The van der Waals surface area contributed by atoms with E-state index in [2.05, 4.69) is 72.4 Å². The summed E-state index contributed by atoms with van der Waals surface area (Å²) in [6.07, 6.45) is 1.89. The van der Waals surface area contributed by atoms with E-state index in [-0.39, 0.29) is 0 Å². The summed E-state index contributed by atoms with van der Waals surface area (Å²) >= 11 is 0. The van der Waals surface area contributed by atoms with Crippen molar-refractivity contribution >= 4 is 11.5 Å². The molecule has 3 nitrogen and oxygen atoms in total. The van der Waals surface area contributed by atoms with E-state index < -0.39 is 0 Å². The lowest BCUT2D eigenvalue weighted by atomic mass is 10.2. The first-order valence-electron chi connectivity index (χ1n) is 7.21. The minimum Gasteiger partial charge on any atom is -0.327 e. The Hall–Kier alpha value is -1.87. The normalized spacial score (nSPS) is 10.8. The van der Waals surface area contributed by atoms with E-state index in [1.165, 1.54) is 11.3 Å². The minimum atomic E-state index is 0.489. The molecular weight excluding hydrogens is 246 g/mol. The van der Waals surface area contributed by atoms with Crippen LogP contribution in [0.2, 0.25) is 0 Å². The number of pyridine rings is 1. The highest BCUT2D eigenvalue weighted by atomic mass is 15.2. The van der Waals surface area contributed by atoms with Crippen molar-refractivity contribution < 1.29 is 0 Å². The summed E-state index contributed by atoms with van der Waals surface area (Å²) in [6.45, 7) is 8.24. The summed E-state index contributed by atoms with van der Waals surface area (Å²) in [5.41, 5.74) is 2.44. The molecule has 0 saturated heterocycles. The van der Waals surface area contributed by atoms with Crippen LogP contribution in [0.5, 0.6) is 0 Å². The van der Waals surface area contributed by atoms with Crippen molar-refractivity contribution in [1.29, 1.82) is 0 Å². The molecule has 2 aromatic rings. The van der Waals surface area contributed by atoms with Gasteiger partial charge in [-0.15, -0.1) is 0 Å². The zero-order valence-corrected chi connectivity index (χ0v) is 12.5. The molecule has 0 aliphatic rings. The lowest BCUT2D eigenvalue weighted by Crippen LogP contribution is -2.22. The highest BCUT2D eigenvalue weighted by molar-refractivity contribution is 5.60. The number of hydrogen-bond acceptors (Lipinski definition) is 3. The fourth-order valence-corrected chi connectivity index (χ4v) is 2.12. The zero-order chi connectivity index (χ0) is 14.4. The average Bonchev–Trinajstić information content (AvgIpc) is 2.47. The maximum atomic E-state index is 4.51. The SMILES string of the molecule is CCN(c1ccccc1)c1cc(CNC(C)C)ccn1. The molecular formula is C17H23N3. The summed E-state index contributed by atoms with van der Waals surface area (Å²) in [4.78, 5) is 6.73. The first-order chi connectivity index (χ1) is 9.70. The smallest absolute Gasteiger partial charge is 0.133 e. The van der Waals surface area contributed by atoms with E-state index in [0.717, 1.165) is 18.9 Å².